The summed E-state index contributed by atoms with van der Waals surface area (Å²) in [5.41, 5.74) is 11.0. The molecular weight excluding hydrogens is 424 g/mol. The first-order chi connectivity index (χ1) is 16.2. The molecule has 2 aromatic rings. The van der Waals surface area contributed by atoms with Crippen LogP contribution in [0.5, 0.6) is 5.88 Å². The summed E-state index contributed by atoms with van der Waals surface area (Å²) in [5.74, 6) is 0.0748. The topological polar surface area (TPSA) is 115 Å². The maximum Gasteiger partial charge on any atom is 0.248 e. The fraction of sp³-hybridized carbons (Fsp3) is 0.435. The van der Waals surface area contributed by atoms with Crippen LogP contribution in [-0.2, 0) is 9.47 Å². The fourth-order valence-electron chi connectivity index (χ4n) is 3.67. The summed E-state index contributed by atoms with van der Waals surface area (Å²) in [5, 5.41) is 4.28. The van der Waals surface area contributed by atoms with Crippen LogP contribution >= 0.6 is 0 Å². The molecule has 0 radical (unpaired) electrons. The Morgan fingerprint density at radius 3 is 2.64 bits per heavy atom. The number of nitrogens with one attached hydrogen (secondary N) is 1. The molecule has 0 atom stereocenters. The first-order valence-electron chi connectivity index (χ1n) is 11.1. The number of pyridine rings is 1. The maximum absolute atomic E-state index is 11.4. The Hall–Kier alpha value is -3.21. The van der Waals surface area contributed by atoms with E-state index in [9.17, 15) is 4.79 Å². The minimum absolute atomic E-state index is 0.415. The van der Waals surface area contributed by atoms with E-state index in [1.807, 2.05) is 18.2 Å². The van der Waals surface area contributed by atoms with Gasteiger partial charge in [-0.25, -0.2) is 4.98 Å². The second kappa shape index (κ2) is 11.6. The molecule has 0 saturated carbocycles. The van der Waals surface area contributed by atoms with Gasteiger partial charge in [-0.05, 0) is 24.3 Å². The monoisotopic (exact) mass is 454 g/mol. The third kappa shape index (κ3) is 6.88. The molecule has 33 heavy (non-hydrogen) atoms. The van der Waals surface area contributed by atoms with Crippen LogP contribution in [0.15, 0.2) is 41.5 Å². The number of morpholine rings is 2. The van der Waals surface area contributed by atoms with Crippen LogP contribution in [0.2, 0.25) is 0 Å². The van der Waals surface area contributed by atoms with E-state index in [4.69, 9.17) is 19.9 Å². The van der Waals surface area contributed by atoms with Crippen LogP contribution in [0.25, 0.3) is 0 Å². The van der Waals surface area contributed by atoms with Gasteiger partial charge in [-0.3, -0.25) is 15.1 Å². The zero-order valence-electron chi connectivity index (χ0n) is 18.6. The zero-order chi connectivity index (χ0) is 22.9. The van der Waals surface area contributed by atoms with Crippen LogP contribution in [0.1, 0.15) is 16.1 Å². The summed E-state index contributed by atoms with van der Waals surface area (Å²) < 4.78 is 16.9. The van der Waals surface area contributed by atoms with Crippen LogP contribution < -0.4 is 20.8 Å². The molecule has 10 heteroatoms. The van der Waals surface area contributed by atoms with E-state index in [1.54, 1.807) is 24.4 Å². The summed E-state index contributed by atoms with van der Waals surface area (Å²) in [6.45, 7) is 7.76. The molecule has 176 valence electrons. The summed E-state index contributed by atoms with van der Waals surface area (Å²) in [6.07, 6.45) is 1.63. The number of nitrogens with two attached hydrogens (primary N) is 1. The number of amides is 1. The van der Waals surface area contributed by atoms with E-state index in [2.05, 4.69) is 25.3 Å². The molecule has 0 spiro atoms. The standard InChI is InChI=1S/C23H30N6O4/c24-23(30)18-2-1-3-19(14-18)27-25-17-20-15-21(29-7-11-32-12-8-29)16-22(26-20)33-13-6-28-4-9-31-10-5-28/h1-3,14-17,27H,4-13H2,(H2,24,30)/b25-17+. The third-order valence-electron chi connectivity index (χ3n) is 5.48. The third-order valence-corrected chi connectivity index (χ3v) is 5.48. The lowest BCUT2D eigenvalue weighted by Gasteiger charge is -2.29. The normalized spacial score (nSPS) is 17.3. The van der Waals surface area contributed by atoms with Crippen molar-refractivity contribution in [3.05, 3.63) is 47.7 Å². The van der Waals surface area contributed by atoms with Crippen LogP contribution in [0.4, 0.5) is 11.4 Å². The first-order valence-corrected chi connectivity index (χ1v) is 11.1. The Bertz CT molecular complexity index is 958. The van der Waals surface area contributed by atoms with Crippen molar-refractivity contribution in [1.82, 2.24) is 9.88 Å². The fourth-order valence-corrected chi connectivity index (χ4v) is 3.67. The molecule has 1 amide bonds. The average Bonchev–Trinajstić information content (AvgIpc) is 2.85. The van der Waals surface area contributed by atoms with Gasteiger partial charge in [0.05, 0.1) is 44.0 Å². The van der Waals surface area contributed by atoms with E-state index in [0.717, 1.165) is 51.6 Å². The molecule has 3 heterocycles. The van der Waals surface area contributed by atoms with Crippen molar-refractivity contribution in [3.8, 4) is 5.88 Å². The van der Waals surface area contributed by atoms with Crippen molar-refractivity contribution < 1.29 is 19.0 Å². The second-order valence-corrected chi connectivity index (χ2v) is 7.81. The minimum Gasteiger partial charge on any atom is -0.476 e. The van der Waals surface area contributed by atoms with Gasteiger partial charge in [0.2, 0.25) is 11.8 Å². The lowest BCUT2D eigenvalue weighted by atomic mass is 10.2. The van der Waals surface area contributed by atoms with Gasteiger partial charge in [0, 0.05) is 50.0 Å². The number of primary amides is 1. The Labute approximate surface area is 193 Å². The maximum atomic E-state index is 11.4. The molecule has 2 aliphatic heterocycles. The van der Waals surface area contributed by atoms with Gasteiger partial charge < -0.3 is 24.8 Å². The van der Waals surface area contributed by atoms with Crippen molar-refractivity contribution in [2.45, 2.75) is 0 Å². The average molecular weight is 455 g/mol. The predicted molar refractivity (Wildman–Crippen MR) is 126 cm³/mol. The number of aromatic nitrogens is 1. The number of rotatable bonds is 9. The highest BCUT2D eigenvalue weighted by molar-refractivity contribution is 5.93. The number of carbonyl (C=O) groups is 1. The van der Waals surface area contributed by atoms with Gasteiger partial charge in [-0.1, -0.05) is 6.07 Å². The van der Waals surface area contributed by atoms with Crippen molar-refractivity contribution in [3.63, 3.8) is 0 Å². The molecule has 1 aromatic carbocycles. The SMILES string of the molecule is NC(=O)c1cccc(N/N=C/c2cc(N3CCOCC3)cc(OCCN3CCOCC3)n2)c1. The van der Waals surface area contributed by atoms with Crippen molar-refractivity contribution >= 4 is 23.5 Å². The Morgan fingerprint density at radius 1 is 1.12 bits per heavy atom. The molecule has 2 fully saturated rings. The summed E-state index contributed by atoms with van der Waals surface area (Å²) >= 11 is 0. The van der Waals surface area contributed by atoms with Crippen molar-refractivity contribution in [2.75, 3.05) is 76.1 Å². The zero-order valence-corrected chi connectivity index (χ0v) is 18.6. The van der Waals surface area contributed by atoms with Gasteiger partial charge in [0.25, 0.3) is 0 Å². The van der Waals surface area contributed by atoms with Gasteiger partial charge in [-0.15, -0.1) is 0 Å². The number of nitrogens with zero attached hydrogens (tertiary/aromatic N) is 4. The Kier molecular flexibility index (Phi) is 8.07. The van der Waals surface area contributed by atoms with E-state index in [0.29, 0.717) is 42.6 Å². The number of hydrogen-bond acceptors (Lipinski definition) is 9. The highest BCUT2D eigenvalue weighted by atomic mass is 16.5. The van der Waals surface area contributed by atoms with Gasteiger partial charge in [0.15, 0.2) is 0 Å². The predicted octanol–water partition coefficient (Wildman–Crippen LogP) is 1.17. The molecule has 0 unspecified atom stereocenters. The number of carbonyl (C=O) groups excluding carboxylic acids is 1. The van der Waals surface area contributed by atoms with Crippen LogP contribution in [-0.4, -0.2) is 87.8 Å². The van der Waals surface area contributed by atoms with E-state index >= 15 is 0 Å². The molecule has 0 bridgehead atoms. The van der Waals surface area contributed by atoms with E-state index < -0.39 is 5.91 Å². The molecule has 2 aliphatic rings. The Balaban J connectivity index is 1.44. The lowest BCUT2D eigenvalue weighted by molar-refractivity contribution is 0.0320. The molecule has 3 N–H and O–H groups in total. The van der Waals surface area contributed by atoms with E-state index in [-0.39, 0.29) is 0 Å². The molecule has 4 rings (SSSR count). The smallest absolute Gasteiger partial charge is 0.248 e. The van der Waals surface area contributed by atoms with Gasteiger partial charge in [-0.2, -0.15) is 5.10 Å². The second-order valence-electron chi connectivity index (χ2n) is 7.81. The summed E-state index contributed by atoms with van der Waals surface area (Å²) in [6, 6.07) is 10.8. The number of benzene rings is 1. The molecule has 10 nitrogen and oxygen atoms in total. The van der Waals surface area contributed by atoms with Crippen LogP contribution in [0, 0.1) is 0 Å². The summed E-state index contributed by atoms with van der Waals surface area (Å²) in [7, 11) is 0. The minimum atomic E-state index is -0.485. The van der Waals surface area contributed by atoms with Gasteiger partial charge >= 0.3 is 0 Å². The number of anilines is 2. The highest BCUT2D eigenvalue weighted by Gasteiger charge is 2.15. The number of hydrogen-bond donors (Lipinski definition) is 2. The molecule has 0 aliphatic carbocycles. The number of ether oxygens (including phenoxy) is 3. The number of hydrazone groups is 1. The molecule has 2 saturated heterocycles. The highest BCUT2D eigenvalue weighted by Crippen LogP contribution is 2.22. The van der Waals surface area contributed by atoms with Crippen molar-refractivity contribution in [1.29, 1.82) is 0 Å². The molecular formula is C23H30N6O4. The Morgan fingerprint density at radius 2 is 1.88 bits per heavy atom. The summed E-state index contributed by atoms with van der Waals surface area (Å²) in [4.78, 5) is 20.5. The largest absolute Gasteiger partial charge is 0.476 e. The first kappa shape index (κ1) is 23.0. The van der Waals surface area contributed by atoms with Crippen molar-refractivity contribution in [2.24, 2.45) is 10.8 Å². The lowest BCUT2D eigenvalue weighted by Crippen LogP contribution is -2.38. The van der Waals surface area contributed by atoms with E-state index in [1.165, 1.54) is 0 Å². The quantitative estimate of drug-likeness (QED) is 0.429. The van der Waals surface area contributed by atoms with Gasteiger partial charge in [0.1, 0.15) is 6.61 Å². The molecule has 1 aromatic heterocycles. The van der Waals surface area contributed by atoms with Crippen LogP contribution in [0.3, 0.4) is 0 Å².